The molecule has 0 N–H and O–H groups in total. The number of hydrogen-bond donors (Lipinski definition) is 0. The van der Waals surface area contributed by atoms with Gasteiger partial charge in [-0.05, 0) is 64.6 Å². The Kier molecular flexibility index (Phi) is 6.09. The van der Waals surface area contributed by atoms with Gasteiger partial charge in [-0.25, -0.2) is 8.78 Å². The molecular formula is C27H24BrF2NO4. The number of hydrogen-bond acceptors (Lipinski definition) is 5. The van der Waals surface area contributed by atoms with Crippen LogP contribution in [-0.4, -0.2) is 32.5 Å². The van der Waals surface area contributed by atoms with Crippen LogP contribution in [0.1, 0.15) is 22.7 Å². The van der Waals surface area contributed by atoms with Crippen LogP contribution in [0, 0.1) is 11.6 Å². The largest absolute Gasteiger partial charge is 0.493 e. The average Bonchev–Trinajstić information content (AvgIpc) is 3.30. The fourth-order valence-electron chi connectivity index (χ4n) is 5.29. The van der Waals surface area contributed by atoms with E-state index in [0.29, 0.717) is 29.2 Å². The van der Waals surface area contributed by atoms with Crippen LogP contribution in [-0.2, 0) is 12.8 Å². The lowest BCUT2D eigenvalue weighted by atomic mass is 9.82. The molecule has 0 saturated heterocycles. The zero-order valence-corrected chi connectivity index (χ0v) is 21.0. The summed E-state index contributed by atoms with van der Waals surface area (Å²) >= 11 is 0. The van der Waals surface area contributed by atoms with E-state index in [1.54, 1.807) is 14.2 Å². The van der Waals surface area contributed by atoms with E-state index in [2.05, 4.69) is 17.2 Å². The summed E-state index contributed by atoms with van der Waals surface area (Å²) in [5, 5.41) is 1.84. The molecule has 0 fully saturated rings. The molecule has 3 aliphatic heterocycles. The molecule has 0 amide bonds. The molecule has 0 radical (unpaired) electrons. The molecular weight excluding hydrogens is 520 g/mol. The zero-order valence-electron chi connectivity index (χ0n) is 19.3. The van der Waals surface area contributed by atoms with E-state index in [4.69, 9.17) is 18.9 Å². The Balaban J connectivity index is 0.00000253. The van der Waals surface area contributed by atoms with Gasteiger partial charge in [0.1, 0.15) is 11.6 Å². The fourth-order valence-corrected chi connectivity index (χ4v) is 5.29. The predicted molar refractivity (Wildman–Crippen MR) is 133 cm³/mol. The molecule has 3 aromatic rings. The van der Waals surface area contributed by atoms with E-state index in [1.807, 2.05) is 18.2 Å². The smallest absolute Gasteiger partial charge is 0.231 e. The van der Waals surface area contributed by atoms with Gasteiger partial charge in [-0.3, -0.25) is 0 Å². The summed E-state index contributed by atoms with van der Waals surface area (Å²) in [5.74, 6) is 1.58. The topological polar surface area (TPSA) is 40.2 Å². The monoisotopic (exact) mass is 543 g/mol. The minimum Gasteiger partial charge on any atom is -0.493 e. The van der Waals surface area contributed by atoms with Crippen LogP contribution in [0.3, 0.4) is 0 Å². The molecule has 8 heteroatoms. The molecule has 0 aliphatic carbocycles. The Bertz CT molecular complexity index is 1440. The van der Waals surface area contributed by atoms with Crippen molar-refractivity contribution < 1.29 is 27.7 Å². The third-order valence-electron chi connectivity index (χ3n) is 6.85. The van der Waals surface area contributed by atoms with Gasteiger partial charge in [-0.15, -0.1) is 17.0 Å². The van der Waals surface area contributed by atoms with Gasteiger partial charge in [-0.1, -0.05) is 12.1 Å². The number of rotatable bonds is 4. The van der Waals surface area contributed by atoms with Crippen LogP contribution in [0.25, 0.3) is 11.8 Å². The highest BCUT2D eigenvalue weighted by molar-refractivity contribution is 8.93. The predicted octanol–water partition coefficient (Wildman–Crippen LogP) is 4.03. The van der Waals surface area contributed by atoms with Crippen LogP contribution in [0.4, 0.5) is 8.78 Å². The summed E-state index contributed by atoms with van der Waals surface area (Å²) in [4.78, 5) is 2.26. The Morgan fingerprint density at radius 2 is 1.80 bits per heavy atom. The highest BCUT2D eigenvalue weighted by Gasteiger charge is 2.34. The molecule has 0 spiro atoms. The van der Waals surface area contributed by atoms with E-state index in [1.165, 1.54) is 17.7 Å². The molecule has 1 unspecified atom stereocenters. The van der Waals surface area contributed by atoms with E-state index in [-0.39, 0.29) is 29.8 Å². The Morgan fingerprint density at radius 3 is 2.54 bits per heavy atom. The molecule has 0 bridgehead atoms. The molecule has 3 heterocycles. The van der Waals surface area contributed by atoms with Gasteiger partial charge >= 0.3 is 0 Å². The molecule has 0 aromatic heterocycles. The quantitative estimate of drug-likeness (QED) is 0.497. The van der Waals surface area contributed by atoms with Crippen molar-refractivity contribution in [1.82, 2.24) is 4.90 Å². The van der Waals surface area contributed by atoms with Crippen molar-refractivity contribution in [3.63, 3.8) is 0 Å². The van der Waals surface area contributed by atoms with Crippen molar-refractivity contribution in [1.29, 1.82) is 0 Å². The highest BCUT2D eigenvalue weighted by atomic mass is 79.9. The lowest BCUT2D eigenvalue weighted by molar-refractivity contribution is 0.174. The first-order valence-electron chi connectivity index (χ1n) is 11.2. The molecule has 3 aliphatic rings. The highest BCUT2D eigenvalue weighted by Crippen LogP contribution is 2.44. The SMILES string of the molecule is Br.COc1ccc2c(c1OC)=CN1CCc3cc4c(cc3C1C=2Cc1ccc(F)cc1F)OCO4. The molecule has 1 atom stereocenters. The Morgan fingerprint density at radius 1 is 1.00 bits per heavy atom. The summed E-state index contributed by atoms with van der Waals surface area (Å²) in [5.41, 5.74) is 3.72. The molecule has 0 saturated carbocycles. The number of benzene rings is 3. The molecule has 6 rings (SSSR count). The lowest BCUT2D eigenvalue weighted by Crippen LogP contribution is -2.44. The van der Waals surface area contributed by atoms with Crippen molar-refractivity contribution in [2.24, 2.45) is 0 Å². The lowest BCUT2D eigenvalue weighted by Gasteiger charge is -2.40. The minimum atomic E-state index is -0.590. The van der Waals surface area contributed by atoms with Crippen LogP contribution in [0.2, 0.25) is 0 Å². The van der Waals surface area contributed by atoms with Gasteiger partial charge in [0.15, 0.2) is 23.0 Å². The number of halogens is 3. The average molecular weight is 544 g/mol. The Hall–Kier alpha value is -3.26. The number of fused-ring (bicyclic) bond motifs is 5. The van der Waals surface area contributed by atoms with Crippen molar-refractivity contribution in [3.05, 3.63) is 81.2 Å². The summed E-state index contributed by atoms with van der Waals surface area (Å²) in [6.45, 7) is 0.975. The Labute approximate surface area is 211 Å². The molecule has 3 aromatic carbocycles. The molecule has 35 heavy (non-hydrogen) atoms. The van der Waals surface area contributed by atoms with Gasteiger partial charge in [0.25, 0.3) is 0 Å². The van der Waals surface area contributed by atoms with Crippen LogP contribution in [0.5, 0.6) is 23.0 Å². The molecule has 5 nitrogen and oxygen atoms in total. The van der Waals surface area contributed by atoms with Crippen LogP contribution < -0.4 is 29.4 Å². The minimum absolute atomic E-state index is 0. The zero-order chi connectivity index (χ0) is 23.4. The van der Waals surface area contributed by atoms with E-state index < -0.39 is 11.6 Å². The number of ether oxygens (including phenoxy) is 4. The van der Waals surface area contributed by atoms with Gasteiger partial charge in [0.2, 0.25) is 6.79 Å². The standard InChI is InChI=1S/C27H23F2NO4.BrH/c1-31-23-6-5-18-20(9-16-3-4-17(28)11-22(16)29)26-19-12-25-24(33-14-34-25)10-15(19)7-8-30(26)13-21(18)27(23)32-2;/h3-6,10-13,26H,7-9,14H2,1-2H3;1H. The first kappa shape index (κ1) is 23.5. The maximum absolute atomic E-state index is 14.8. The normalized spacial score (nSPS) is 17.0. The summed E-state index contributed by atoms with van der Waals surface area (Å²) < 4.78 is 50.9. The van der Waals surface area contributed by atoms with Crippen molar-refractivity contribution >= 4 is 28.8 Å². The third-order valence-corrected chi connectivity index (χ3v) is 6.85. The van der Waals surface area contributed by atoms with Crippen LogP contribution in [0.15, 0.2) is 42.5 Å². The third kappa shape index (κ3) is 3.80. The van der Waals surface area contributed by atoms with Gasteiger partial charge in [0.05, 0.1) is 20.3 Å². The second-order valence-electron chi connectivity index (χ2n) is 8.62. The summed E-state index contributed by atoms with van der Waals surface area (Å²) in [6, 6.07) is 11.6. The van der Waals surface area contributed by atoms with Gasteiger partial charge in [0, 0.05) is 24.0 Å². The van der Waals surface area contributed by atoms with Gasteiger partial charge < -0.3 is 23.8 Å². The van der Waals surface area contributed by atoms with Gasteiger partial charge in [-0.2, -0.15) is 0 Å². The summed E-state index contributed by atoms with van der Waals surface area (Å²) in [7, 11) is 3.22. The molecule has 182 valence electrons. The first-order valence-corrected chi connectivity index (χ1v) is 11.2. The summed E-state index contributed by atoms with van der Waals surface area (Å²) in [6.07, 6.45) is 3.25. The van der Waals surface area contributed by atoms with Crippen molar-refractivity contribution in [2.75, 3.05) is 27.6 Å². The second kappa shape index (κ2) is 9.07. The van der Waals surface area contributed by atoms with E-state index >= 15 is 0 Å². The van der Waals surface area contributed by atoms with Crippen molar-refractivity contribution in [3.8, 4) is 23.0 Å². The van der Waals surface area contributed by atoms with E-state index in [0.717, 1.165) is 46.4 Å². The number of methoxy groups -OCH3 is 2. The van der Waals surface area contributed by atoms with Crippen molar-refractivity contribution in [2.45, 2.75) is 18.9 Å². The second-order valence-corrected chi connectivity index (χ2v) is 8.62. The van der Waals surface area contributed by atoms with E-state index in [9.17, 15) is 8.78 Å². The number of nitrogens with zero attached hydrogens (tertiary/aromatic N) is 1. The maximum atomic E-state index is 14.8. The van der Waals surface area contributed by atoms with Crippen LogP contribution >= 0.6 is 17.0 Å². The first-order chi connectivity index (χ1) is 16.6. The fraction of sp³-hybridized carbons (Fsp3) is 0.259. The maximum Gasteiger partial charge on any atom is 0.231 e.